The van der Waals surface area contributed by atoms with Crippen molar-refractivity contribution in [2.75, 3.05) is 0 Å². The van der Waals surface area contributed by atoms with E-state index in [-0.39, 0.29) is 6.71 Å². The minimum absolute atomic E-state index is 0.0137. The molecule has 0 saturated heterocycles. The van der Waals surface area contributed by atoms with Gasteiger partial charge in [0, 0.05) is 38.6 Å². The lowest BCUT2D eigenvalue weighted by molar-refractivity contribution is 0.743. The second kappa shape index (κ2) is 12.0. The molecule has 2 nitrogen and oxygen atoms in total. The van der Waals surface area contributed by atoms with Crippen LogP contribution < -0.4 is 16.4 Å². The Kier molecular flexibility index (Phi) is 6.59. The number of hydrogen-bond donors (Lipinski definition) is 0. The van der Waals surface area contributed by atoms with Crippen LogP contribution >= 0.6 is 0 Å². The molecule has 4 aliphatic rings. The van der Waals surface area contributed by atoms with Gasteiger partial charge in [0.2, 0.25) is 0 Å². The van der Waals surface area contributed by atoms with Crippen LogP contribution in [0.2, 0.25) is 0 Å². The summed E-state index contributed by atoms with van der Waals surface area (Å²) in [5.74, 6) is 0.726. The van der Waals surface area contributed by atoms with Gasteiger partial charge < -0.3 is 9.13 Å². The van der Waals surface area contributed by atoms with Crippen LogP contribution in [-0.2, 0) is 5.41 Å². The molecule has 300 valence electrons. The Morgan fingerprint density at radius 3 is 1.75 bits per heavy atom. The number of benzene rings is 9. The molecule has 5 heterocycles. The first-order valence-electron chi connectivity index (χ1n) is 23.2. The standard InChI is InChI=1S/C61H43BN2/c1-34(2)39-29-44-45-30-40(35(3)4)33-50-58(45)64-57(44)49(31-39)61(46-25-15-13-23-42(46)43-24-14-16-26-47(43)61)48-27-28-52-55(59(48)64)62(50)51-32-38-21-11-12-22-41(38)54-53(36-17-7-5-8-18-36)56(63(52)60(51)54)37-19-9-6-10-20-37/h5-35H,1-4H3. The molecule has 2 aromatic heterocycles. The van der Waals surface area contributed by atoms with E-state index in [0.29, 0.717) is 11.8 Å². The minimum atomic E-state index is -0.513. The summed E-state index contributed by atoms with van der Waals surface area (Å²) in [6.07, 6.45) is 0. The number of hydrogen-bond acceptors (Lipinski definition) is 0. The van der Waals surface area contributed by atoms with Crippen molar-refractivity contribution in [2.45, 2.75) is 44.9 Å². The van der Waals surface area contributed by atoms with Crippen LogP contribution in [0.15, 0.2) is 176 Å². The Balaban J connectivity index is 1.23. The van der Waals surface area contributed by atoms with Crippen LogP contribution in [0.4, 0.5) is 0 Å². The smallest absolute Gasteiger partial charge is 0.252 e. The molecule has 9 aromatic carbocycles. The van der Waals surface area contributed by atoms with Crippen LogP contribution in [0.25, 0.3) is 88.4 Å². The Morgan fingerprint density at radius 2 is 1.05 bits per heavy atom. The zero-order valence-electron chi connectivity index (χ0n) is 36.4. The van der Waals surface area contributed by atoms with Crippen LogP contribution in [0, 0.1) is 0 Å². The van der Waals surface area contributed by atoms with Crippen molar-refractivity contribution in [3.05, 3.63) is 209 Å². The van der Waals surface area contributed by atoms with E-state index in [1.165, 1.54) is 138 Å². The van der Waals surface area contributed by atoms with Crippen LogP contribution in [0.3, 0.4) is 0 Å². The summed E-state index contributed by atoms with van der Waals surface area (Å²) in [6, 6.07) is 68.1. The van der Waals surface area contributed by atoms with Gasteiger partial charge in [-0.3, -0.25) is 0 Å². The third-order valence-corrected chi connectivity index (χ3v) is 15.8. The van der Waals surface area contributed by atoms with E-state index < -0.39 is 5.41 Å². The second-order valence-corrected chi connectivity index (χ2v) is 19.5. The fourth-order valence-electron chi connectivity index (χ4n) is 13.2. The molecule has 0 amide bonds. The molecule has 3 heteroatoms. The first-order chi connectivity index (χ1) is 31.4. The Bertz CT molecular complexity index is 3850. The third-order valence-electron chi connectivity index (χ3n) is 15.8. The summed E-state index contributed by atoms with van der Waals surface area (Å²) in [5, 5.41) is 6.68. The minimum Gasteiger partial charge on any atom is -0.310 e. The lowest BCUT2D eigenvalue weighted by Crippen LogP contribution is -2.60. The fourth-order valence-corrected chi connectivity index (χ4v) is 13.2. The summed E-state index contributed by atoms with van der Waals surface area (Å²) < 4.78 is 5.45. The van der Waals surface area contributed by atoms with Gasteiger partial charge in [0.1, 0.15) is 0 Å². The normalized spacial score (nSPS) is 14.3. The SMILES string of the molecule is CC(C)c1cc2c3c(c1)c1cc(C(C)C)cc4c1n3-c1c(ccc3c1B2c1cc2ccccc2c2c(-c5ccccc5)c(-c5ccccc5)n-3c12)C41c2ccccc2-c2ccccc21. The van der Waals surface area contributed by atoms with Crippen molar-refractivity contribution in [1.82, 2.24) is 9.13 Å². The fraction of sp³-hybridized carbons (Fsp3) is 0.115. The van der Waals surface area contributed by atoms with Crippen molar-refractivity contribution in [2.24, 2.45) is 0 Å². The lowest BCUT2D eigenvalue weighted by Gasteiger charge is -2.44. The molecule has 1 spiro atoms. The molecular weight excluding hydrogens is 771 g/mol. The van der Waals surface area contributed by atoms with Crippen molar-refractivity contribution in [3.63, 3.8) is 0 Å². The molecular formula is C61H43BN2. The van der Waals surface area contributed by atoms with E-state index in [4.69, 9.17) is 0 Å². The highest BCUT2D eigenvalue weighted by molar-refractivity contribution is 7.00. The summed E-state index contributed by atoms with van der Waals surface area (Å²) in [5.41, 5.74) is 26.5. The van der Waals surface area contributed by atoms with Gasteiger partial charge in [-0.15, -0.1) is 0 Å². The van der Waals surface area contributed by atoms with E-state index in [9.17, 15) is 0 Å². The largest absolute Gasteiger partial charge is 0.310 e. The van der Waals surface area contributed by atoms with Crippen molar-refractivity contribution in [3.8, 4) is 44.9 Å². The van der Waals surface area contributed by atoms with Gasteiger partial charge in [0.05, 0.1) is 22.1 Å². The van der Waals surface area contributed by atoms with Gasteiger partial charge in [-0.05, 0) is 113 Å². The van der Waals surface area contributed by atoms with Gasteiger partial charge >= 0.3 is 0 Å². The number of nitrogens with zero attached hydrogens (tertiary/aromatic N) is 2. The Hall–Kier alpha value is -7.36. The summed E-state index contributed by atoms with van der Waals surface area (Å²) in [4.78, 5) is 0. The van der Waals surface area contributed by atoms with Crippen molar-refractivity contribution >= 4 is 66.6 Å². The maximum absolute atomic E-state index is 2.76. The summed E-state index contributed by atoms with van der Waals surface area (Å²) >= 11 is 0. The predicted molar refractivity (Wildman–Crippen MR) is 270 cm³/mol. The maximum atomic E-state index is 2.76. The molecule has 0 saturated carbocycles. The number of rotatable bonds is 4. The summed E-state index contributed by atoms with van der Waals surface area (Å²) in [6.45, 7) is 9.49. The van der Waals surface area contributed by atoms with E-state index in [1.807, 2.05) is 0 Å². The van der Waals surface area contributed by atoms with Gasteiger partial charge in [0.25, 0.3) is 6.71 Å². The highest BCUT2D eigenvalue weighted by Crippen LogP contribution is 2.62. The monoisotopic (exact) mass is 814 g/mol. The zero-order valence-corrected chi connectivity index (χ0v) is 36.4. The van der Waals surface area contributed by atoms with Crippen molar-refractivity contribution in [1.29, 1.82) is 0 Å². The Morgan fingerprint density at radius 1 is 0.453 bits per heavy atom. The number of aromatic nitrogens is 2. The molecule has 11 aromatic rings. The predicted octanol–water partition coefficient (Wildman–Crippen LogP) is 13.3. The van der Waals surface area contributed by atoms with E-state index in [1.54, 1.807) is 0 Å². The van der Waals surface area contributed by atoms with E-state index in [2.05, 4.69) is 213 Å². The first-order valence-corrected chi connectivity index (χ1v) is 23.2. The highest BCUT2D eigenvalue weighted by Gasteiger charge is 2.54. The average molecular weight is 815 g/mol. The molecule has 0 N–H and O–H groups in total. The first kappa shape index (κ1) is 35.1. The van der Waals surface area contributed by atoms with E-state index >= 15 is 0 Å². The topological polar surface area (TPSA) is 9.86 Å². The molecule has 64 heavy (non-hydrogen) atoms. The van der Waals surface area contributed by atoms with Gasteiger partial charge in [-0.2, -0.15) is 0 Å². The van der Waals surface area contributed by atoms with Crippen LogP contribution in [0.1, 0.15) is 72.9 Å². The Labute approximate surface area is 373 Å². The van der Waals surface area contributed by atoms with Gasteiger partial charge in [0.15, 0.2) is 0 Å². The second-order valence-electron chi connectivity index (χ2n) is 19.5. The average Bonchev–Trinajstić information content (AvgIpc) is 3.97. The highest BCUT2D eigenvalue weighted by atomic mass is 15.1. The van der Waals surface area contributed by atoms with Crippen LogP contribution in [0.5, 0.6) is 0 Å². The number of fused-ring (bicyclic) bond motifs is 13. The molecule has 3 aliphatic heterocycles. The quantitative estimate of drug-likeness (QED) is 0.157. The zero-order chi connectivity index (χ0) is 42.3. The molecule has 15 rings (SSSR count). The van der Waals surface area contributed by atoms with E-state index in [0.717, 1.165) is 0 Å². The molecule has 0 unspecified atom stereocenters. The maximum Gasteiger partial charge on any atom is 0.252 e. The van der Waals surface area contributed by atoms with Gasteiger partial charge in [-0.25, -0.2) is 0 Å². The van der Waals surface area contributed by atoms with Crippen LogP contribution in [-0.4, -0.2) is 15.8 Å². The molecule has 0 radical (unpaired) electrons. The van der Waals surface area contributed by atoms with Crippen molar-refractivity contribution < 1.29 is 0 Å². The molecule has 0 fully saturated rings. The summed E-state index contributed by atoms with van der Waals surface area (Å²) in [7, 11) is 0. The third kappa shape index (κ3) is 3.99. The molecule has 0 bridgehead atoms. The lowest BCUT2D eigenvalue weighted by atomic mass is 9.33. The molecule has 1 aliphatic carbocycles. The van der Waals surface area contributed by atoms with Gasteiger partial charge in [-0.1, -0.05) is 185 Å². The molecule has 0 atom stereocenters.